The number of ether oxygens (including phenoxy) is 1. The van der Waals surface area contributed by atoms with Gasteiger partial charge in [0, 0.05) is 0 Å². The van der Waals surface area contributed by atoms with Gasteiger partial charge in [0.25, 0.3) is 0 Å². The molecule has 0 aromatic heterocycles. The maximum Gasteiger partial charge on any atom is 0.322 e. The molecule has 23 heavy (non-hydrogen) atoms. The Hall–Kier alpha value is 0.260. The van der Waals surface area contributed by atoms with E-state index in [4.69, 9.17) is 17.0 Å². The van der Waals surface area contributed by atoms with Gasteiger partial charge >= 0.3 is 5.97 Å². The van der Waals surface area contributed by atoms with Gasteiger partial charge in [0.05, 0.1) is 11.3 Å². The minimum absolute atomic E-state index is 0.197. The molecule has 2 nitrogen and oxygen atoms in total. The lowest BCUT2D eigenvalue weighted by Crippen LogP contribution is -2.28. The molecule has 0 aliphatic heterocycles. The number of thiocarbonyl (C=S) groups is 1. The summed E-state index contributed by atoms with van der Waals surface area (Å²) in [6, 6.07) is 0. The summed E-state index contributed by atoms with van der Waals surface area (Å²) in [5.41, 5.74) is 0. The molecule has 0 rings (SSSR count). The quantitative estimate of drug-likeness (QED) is 0.141. The number of esters is 1. The Balaban J connectivity index is 3.49. The van der Waals surface area contributed by atoms with Crippen molar-refractivity contribution in [2.45, 2.75) is 96.1 Å². The van der Waals surface area contributed by atoms with E-state index in [9.17, 15) is 4.79 Å². The zero-order valence-corrected chi connectivity index (χ0v) is 17.8. The monoisotopic (exact) mass is 378 g/mol. The summed E-state index contributed by atoms with van der Waals surface area (Å²) >= 11 is 5.39. The fourth-order valence-corrected chi connectivity index (χ4v) is 4.72. The van der Waals surface area contributed by atoms with E-state index in [0.29, 0.717) is 0 Å². The van der Waals surface area contributed by atoms with Gasteiger partial charge in [-0.2, -0.15) is 0 Å². The van der Waals surface area contributed by atoms with Gasteiger partial charge in [0.2, 0.25) is 0 Å². The van der Waals surface area contributed by atoms with E-state index in [1.807, 2.05) is 13.8 Å². The van der Waals surface area contributed by atoms with Crippen molar-refractivity contribution in [2.24, 2.45) is 0 Å². The molecule has 0 saturated heterocycles. The summed E-state index contributed by atoms with van der Waals surface area (Å²) in [5, 5.41) is 0. The highest BCUT2D eigenvalue weighted by Gasteiger charge is 2.30. The fraction of sp³-hybridized carbons (Fsp3) is 0.889. The van der Waals surface area contributed by atoms with Gasteiger partial charge < -0.3 is 4.74 Å². The van der Waals surface area contributed by atoms with Crippen LogP contribution in [0, 0.1) is 0 Å². The Labute approximate surface area is 156 Å². The second-order valence-electron chi connectivity index (χ2n) is 6.47. The van der Waals surface area contributed by atoms with Crippen molar-refractivity contribution < 1.29 is 9.53 Å². The Morgan fingerprint density at radius 3 is 1.91 bits per heavy atom. The zero-order chi connectivity index (χ0) is 17.6. The first-order valence-electron chi connectivity index (χ1n) is 8.91. The Morgan fingerprint density at radius 2 is 1.43 bits per heavy atom. The molecule has 0 atom stereocenters. The Bertz CT molecular complexity index is 330. The third-order valence-corrected chi connectivity index (χ3v) is 7.69. The van der Waals surface area contributed by atoms with E-state index in [2.05, 4.69) is 6.92 Å². The van der Waals surface area contributed by atoms with E-state index in [0.717, 1.165) is 10.6 Å². The lowest BCUT2D eigenvalue weighted by Gasteiger charge is -2.19. The van der Waals surface area contributed by atoms with Crippen LogP contribution >= 0.6 is 33.8 Å². The second kappa shape index (κ2) is 14.6. The highest BCUT2D eigenvalue weighted by Crippen LogP contribution is 2.38. The van der Waals surface area contributed by atoms with Crippen LogP contribution in [0.3, 0.4) is 0 Å². The molecule has 0 aromatic rings. The van der Waals surface area contributed by atoms with Crippen LogP contribution in [0.1, 0.15) is 91.4 Å². The molecule has 136 valence electrons. The molecule has 5 heteroatoms. The first kappa shape index (κ1) is 23.3. The van der Waals surface area contributed by atoms with Crippen molar-refractivity contribution in [1.82, 2.24) is 0 Å². The maximum absolute atomic E-state index is 11.6. The predicted octanol–water partition coefficient (Wildman–Crippen LogP) is 6.96. The van der Waals surface area contributed by atoms with Crippen LogP contribution in [0.5, 0.6) is 0 Å². The van der Waals surface area contributed by atoms with Crippen LogP contribution in [0.15, 0.2) is 0 Å². The van der Waals surface area contributed by atoms with Crippen molar-refractivity contribution in [3.8, 4) is 0 Å². The summed E-state index contributed by atoms with van der Waals surface area (Å²) in [6.07, 6.45) is 14.4. The van der Waals surface area contributed by atoms with Crippen LogP contribution in [-0.2, 0) is 9.53 Å². The molecule has 0 bridgehead atoms. The zero-order valence-electron chi connectivity index (χ0n) is 15.3. The first-order valence-corrected chi connectivity index (χ1v) is 11.5. The molecular weight excluding hydrogens is 344 g/mol. The van der Waals surface area contributed by atoms with Gasteiger partial charge in [-0.1, -0.05) is 87.7 Å². The molecule has 0 radical (unpaired) electrons. The predicted molar refractivity (Wildman–Crippen MR) is 110 cm³/mol. The lowest BCUT2D eigenvalue weighted by atomic mass is 10.1. The smallest absolute Gasteiger partial charge is 0.322 e. The van der Waals surface area contributed by atoms with Gasteiger partial charge in [-0.3, -0.25) is 4.79 Å². The number of unbranched alkanes of at least 4 members (excludes halogenated alkanes) is 9. The van der Waals surface area contributed by atoms with E-state index in [1.54, 1.807) is 10.8 Å². The highest BCUT2D eigenvalue weighted by molar-refractivity contribution is 8.84. The second-order valence-corrected chi connectivity index (χ2v) is 10.1. The SMILES string of the molecule is CCCCCCCCCCCCC(=S)SSC(C)(C)C(=O)OC. The number of hydrogen-bond acceptors (Lipinski definition) is 5. The number of carbonyl (C=O) groups is 1. The highest BCUT2D eigenvalue weighted by atomic mass is 33.1. The Morgan fingerprint density at radius 1 is 0.957 bits per heavy atom. The average molecular weight is 379 g/mol. The summed E-state index contributed by atoms with van der Waals surface area (Å²) < 4.78 is 5.25. The summed E-state index contributed by atoms with van der Waals surface area (Å²) in [4.78, 5) is 11.6. The fourth-order valence-electron chi connectivity index (χ4n) is 2.23. The van der Waals surface area contributed by atoms with E-state index in [1.165, 1.54) is 82.1 Å². The maximum atomic E-state index is 11.6. The lowest BCUT2D eigenvalue weighted by molar-refractivity contribution is -0.142. The van der Waals surface area contributed by atoms with Crippen LogP contribution in [0.25, 0.3) is 0 Å². The normalized spacial score (nSPS) is 11.5. The molecular formula is C18H34O2S3. The molecule has 0 spiro atoms. The molecule has 0 fully saturated rings. The van der Waals surface area contributed by atoms with Crippen LogP contribution in [0.4, 0.5) is 0 Å². The largest absolute Gasteiger partial charge is 0.468 e. The van der Waals surface area contributed by atoms with Crippen molar-refractivity contribution >= 4 is 44.0 Å². The molecule has 0 aliphatic carbocycles. The van der Waals surface area contributed by atoms with Crippen LogP contribution < -0.4 is 0 Å². The van der Waals surface area contributed by atoms with Gasteiger partial charge in [-0.15, -0.1) is 0 Å². The minimum atomic E-state index is -0.540. The van der Waals surface area contributed by atoms with Gasteiger partial charge in [0.1, 0.15) is 4.75 Å². The first-order chi connectivity index (χ1) is 10.9. The average Bonchev–Trinajstić information content (AvgIpc) is 2.53. The van der Waals surface area contributed by atoms with Gasteiger partial charge in [-0.05, 0) is 37.5 Å². The van der Waals surface area contributed by atoms with Gasteiger partial charge in [-0.25, -0.2) is 0 Å². The summed E-state index contributed by atoms with van der Waals surface area (Å²) in [5.74, 6) is -0.197. The van der Waals surface area contributed by atoms with Crippen LogP contribution in [-0.4, -0.2) is 22.0 Å². The van der Waals surface area contributed by atoms with E-state index in [-0.39, 0.29) is 5.97 Å². The van der Waals surface area contributed by atoms with Crippen molar-refractivity contribution in [1.29, 1.82) is 0 Å². The number of methoxy groups -OCH3 is 1. The molecule has 0 amide bonds. The third-order valence-electron chi connectivity index (χ3n) is 3.75. The minimum Gasteiger partial charge on any atom is -0.468 e. The number of carbonyl (C=O) groups excluding carboxylic acids is 1. The molecule has 0 N–H and O–H groups in total. The molecule has 0 aromatic carbocycles. The molecule has 0 saturated carbocycles. The van der Waals surface area contributed by atoms with Crippen LogP contribution in [0.2, 0.25) is 0 Å². The topological polar surface area (TPSA) is 26.3 Å². The van der Waals surface area contributed by atoms with E-state index < -0.39 is 4.75 Å². The van der Waals surface area contributed by atoms with Crippen molar-refractivity contribution in [3.63, 3.8) is 0 Å². The third kappa shape index (κ3) is 13.2. The van der Waals surface area contributed by atoms with Crippen molar-refractivity contribution in [2.75, 3.05) is 7.11 Å². The summed E-state index contributed by atoms with van der Waals surface area (Å²) in [7, 11) is 4.48. The number of rotatable bonds is 14. The number of hydrogen-bond donors (Lipinski definition) is 0. The molecule has 0 heterocycles. The van der Waals surface area contributed by atoms with E-state index >= 15 is 0 Å². The standard InChI is InChI=1S/C18H34O2S3/c1-5-6-7-8-9-10-11-12-13-14-15-16(21)22-23-18(2,3)17(19)20-4/h5-15H2,1-4H3. The summed E-state index contributed by atoms with van der Waals surface area (Å²) in [6.45, 7) is 6.01. The Kier molecular flexibility index (Phi) is 14.8. The molecule has 0 unspecified atom stereocenters. The van der Waals surface area contributed by atoms with Gasteiger partial charge in [0.15, 0.2) is 0 Å². The van der Waals surface area contributed by atoms with Crippen molar-refractivity contribution in [3.05, 3.63) is 0 Å². The molecule has 0 aliphatic rings.